The van der Waals surface area contributed by atoms with E-state index in [1.54, 1.807) is 24.3 Å². The first-order chi connectivity index (χ1) is 8.26. The smallest absolute Gasteiger partial charge is 0.306 e. The van der Waals surface area contributed by atoms with E-state index in [9.17, 15) is 9.59 Å². The summed E-state index contributed by atoms with van der Waals surface area (Å²) in [4.78, 5) is 21.4. The zero-order valence-electron chi connectivity index (χ0n) is 9.30. The summed E-state index contributed by atoms with van der Waals surface area (Å²) in [7, 11) is 0. The molecule has 92 valence electrons. The quantitative estimate of drug-likeness (QED) is 0.348. The average Bonchev–Trinajstić information content (AvgIpc) is 2.36. The highest BCUT2D eigenvalue weighted by molar-refractivity contribution is 7.80. The van der Waals surface area contributed by atoms with Crippen molar-refractivity contribution in [3.63, 3.8) is 0 Å². The minimum Gasteiger partial charge on any atom is -0.490 e. The number of hydrogen-bond donors (Lipinski definition) is 1. The molecule has 0 bridgehead atoms. The van der Waals surface area contributed by atoms with Crippen molar-refractivity contribution in [2.45, 2.75) is 6.42 Å². The van der Waals surface area contributed by atoms with Gasteiger partial charge in [-0.15, -0.1) is 0 Å². The first kappa shape index (κ1) is 13.6. The lowest BCUT2D eigenvalue weighted by Crippen LogP contribution is -2.12. The molecule has 0 spiro atoms. The Bertz CT molecular complexity index is 361. The summed E-state index contributed by atoms with van der Waals surface area (Å²) < 4.78 is 10.2. The molecule has 1 aromatic carbocycles. The molecule has 0 amide bonds. The fourth-order valence-electron chi connectivity index (χ4n) is 1.12. The van der Waals surface area contributed by atoms with Gasteiger partial charge in [-0.2, -0.15) is 12.6 Å². The van der Waals surface area contributed by atoms with Crippen LogP contribution in [-0.2, 0) is 9.53 Å². The standard InChI is InChI=1S/C12H14O4S/c13-9-10-1-3-11(4-2-10)15-6-7-16-12(14)5-8-17/h1-4,9,17H,5-8H2. The van der Waals surface area contributed by atoms with Crippen LogP contribution in [0.5, 0.6) is 5.75 Å². The molecule has 17 heavy (non-hydrogen) atoms. The predicted octanol–water partition coefficient (Wildman–Crippen LogP) is 1.74. The number of thiol groups is 1. The van der Waals surface area contributed by atoms with Crippen LogP contribution in [0.25, 0.3) is 0 Å². The van der Waals surface area contributed by atoms with E-state index < -0.39 is 0 Å². The van der Waals surface area contributed by atoms with Crippen LogP contribution >= 0.6 is 12.6 Å². The second-order valence-corrected chi connectivity index (χ2v) is 3.68. The summed E-state index contributed by atoms with van der Waals surface area (Å²) in [6, 6.07) is 6.71. The highest BCUT2D eigenvalue weighted by Crippen LogP contribution is 2.10. The van der Waals surface area contributed by atoms with E-state index in [2.05, 4.69) is 12.6 Å². The first-order valence-electron chi connectivity index (χ1n) is 5.21. The molecule has 0 atom stereocenters. The molecule has 1 aromatic rings. The summed E-state index contributed by atoms with van der Waals surface area (Å²) in [5.41, 5.74) is 0.595. The van der Waals surface area contributed by atoms with Gasteiger partial charge >= 0.3 is 5.97 Å². The molecule has 0 radical (unpaired) electrons. The molecule has 5 heteroatoms. The molecule has 0 fully saturated rings. The van der Waals surface area contributed by atoms with Gasteiger partial charge in [0.15, 0.2) is 0 Å². The number of ether oxygens (including phenoxy) is 2. The van der Waals surface area contributed by atoms with Crippen molar-refractivity contribution in [1.29, 1.82) is 0 Å². The van der Waals surface area contributed by atoms with Crippen molar-refractivity contribution in [3.8, 4) is 5.75 Å². The van der Waals surface area contributed by atoms with Crippen LogP contribution < -0.4 is 4.74 Å². The zero-order valence-corrected chi connectivity index (χ0v) is 10.2. The molecule has 0 N–H and O–H groups in total. The Balaban J connectivity index is 2.21. The molecule has 0 aliphatic carbocycles. The van der Waals surface area contributed by atoms with Gasteiger partial charge < -0.3 is 9.47 Å². The highest BCUT2D eigenvalue weighted by atomic mass is 32.1. The lowest BCUT2D eigenvalue weighted by Gasteiger charge is -2.06. The predicted molar refractivity (Wildman–Crippen MR) is 66.8 cm³/mol. The van der Waals surface area contributed by atoms with E-state index in [4.69, 9.17) is 9.47 Å². The zero-order chi connectivity index (χ0) is 12.5. The van der Waals surface area contributed by atoms with Gasteiger partial charge in [-0.1, -0.05) is 0 Å². The van der Waals surface area contributed by atoms with Crippen molar-refractivity contribution in [2.24, 2.45) is 0 Å². The first-order valence-corrected chi connectivity index (χ1v) is 5.84. The largest absolute Gasteiger partial charge is 0.490 e. The SMILES string of the molecule is O=Cc1ccc(OCCOC(=O)CCS)cc1. The van der Waals surface area contributed by atoms with Crippen LogP contribution in [-0.4, -0.2) is 31.2 Å². The van der Waals surface area contributed by atoms with Crippen LogP contribution in [0.3, 0.4) is 0 Å². The summed E-state index contributed by atoms with van der Waals surface area (Å²) in [6.45, 7) is 0.501. The van der Waals surface area contributed by atoms with E-state index in [0.717, 1.165) is 6.29 Å². The van der Waals surface area contributed by atoms with Crippen molar-refractivity contribution in [2.75, 3.05) is 19.0 Å². The maximum Gasteiger partial charge on any atom is 0.306 e. The summed E-state index contributed by atoms with van der Waals surface area (Å²) in [5.74, 6) is 0.841. The summed E-state index contributed by atoms with van der Waals surface area (Å²) in [6.07, 6.45) is 1.07. The van der Waals surface area contributed by atoms with E-state index in [1.807, 2.05) is 0 Å². The molecule has 1 rings (SSSR count). The molecule has 4 nitrogen and oxygen atoms in total. The molecule has 0 aromatic heterocycles. The van der Waals surface area contributed by atoms with Crippen molar-refractivity contribution >= 4 is 24.9 Å². The van der Waals surface area contributed by atoms with Crippen molar-refractivity contribution in [3.05, 3.63) is 29.8 Å². The fourth-order valence-corrected chi connectivity index (χ4v) is 1.30. The summed E-state index contributed by atoms with van der Waals surface area (Å²) in [5, 5.41) is 0. The van der Waals surface area contributed by atoms with Gasteiger partial charge in [-0.25, -0.2) is 0 Å². The fraction of sp³-hybridized carbons (Fsp3) is 0.333. The molecular weight excluding hydrogens is 240 g/mol. The van der Waals surface area contributed by atoms with Gasteiger partial charge in [0, 0.05) is 11.3 Å². The summed E-state index contributed by atoms with van der Waals surface area (Å²) >= 11 is 3.92. The Labute approximate surface area is 105 Å². The average molecular weight is 254 g/mol. The Morgan fingerprint density at radius 3 is 2.53 bits per heavy atom. The number of rotatable bonds is 7. The molecule has 0 heterocycles. The number of aldehydes is 1. The minimum absolute atomic E-state index is 0.210. The van der Waals surface area contributed by atoms with Crippen LogP contribution in [0.1, 0.15) is 16.8 Å². The van der Waals surface area contributed by atoms with Gasteiger partial charge in [0.25, 0.3) is 0 Å². The minimum atomic E-state index is -0.278. The van der Waals surface area contributed by atoms with Crippen LogP contribution in [0.15, 0.2) is 24.3 Å². The van der Waals surface area contributed by atoms with Gasteiger partial charge in [-0.05, 0) is 24.3 Å². The van der Waals surface area contributed by atoms with Crippen LogP contribution in [0.4, 0.5) is 0 Å². The highest BCUT2D eigenvalue weighted by Gasteiger charge is 2.00. The third-order valence-corrected chi connectivity index (χ3v) is 2.17. The Hall–Kier alpha value is -1.49. The van der Waals surface area contributed by atoms with Gasteiger partial charge in [-0.3, -0.25) is 9.59 Å². The van der Waals surface area contributed by atoms with Gasteiger partial charge in [0.1, 0.15) is 25.2 Å². The molecule has 0 unspecified atom stereocenters. The monoisotopic (exact) mass is 254 g/mol. The molecule has 0 aliphatic rings. The molecular formula is C12H14O4S. The van der Waals surface area contributed by atoms with E-state index >= 15 is 0 Å². The van der Waals surface area contributed by atoms with Crippen LogP contribution in [0, 0.1) is 0 Å². The van der Waals surface area contributed by atoms with Crippen molar-refractivity contribution in [1.82, 2.24) is 0 Å². The number of carbonyl (C=O) groups excluding carboxylic acids is 2. The number of esters is 1. The molecule has 0 aliphatic heterocycles. The lowest BCUT2D eigenvalue weighted by atomic mass is 10.2. The third kappa shape index (κ3) is 5.40. The Kier molecular flexibility index (Phi) is 6.17. The third-order valence-electron chi connectivity index (χ3n) is 1.95. The maximum absolute atomic E-state index is 11.0. The second kappa shape index (κ2) is 7.73. The van der Waals surface area contributed by atoms with E-state index in [0.29, 0.717) is 30.1 Å². The Morgan fingerprint density at radius 1 is 1.24 bits per heavy atom. The number of carbonyl (C=O) groups is 2. The Morgan fingerprint density at radius 2 is 1.94 bits per heavy atom. The van der Waals surface area contributed by atoms with Crippen LogP contribution in [0.2, 0.25) is 0 Å². The lowest BCUT2D eigenvalue weighted by molar-refractivity contribution is -0.143. The van der Waals surface area contributed by atoms with Gasteiger partial charge in [0.2, 0.25) is 0 Å². The molecule has 0 saturated heterocycles. The molecule has 0 saturated carbocycles. The normalized spacial score (nSPS) is 9.71. The second-order valence-electron chi connectivity index (χ2n) is 3.23. The number of hydrogen-bond acceptors (Lipinski definition) is 5. The van der Waals surface area contributed by atoms with Gasteiger partial charge in [0.05, 0.1) is 6.42 Å². The van der Waals surface area contributed by atoms with E-state index in [1.165, 1.54) is 0 Å². The van der Waals surface area contributed by atoms with E-state index in [-0.39, 0.29) is 12.6 Å². The topological polar surface area (TPSA) is 52.6 Å². The number of benzene rings is 1. The van der Waals surface area contributed by atoms with Crippen molar-refractivity contribution < 1.29 is 19.1 Å². The maximum atomic E-state index is 11.0.